The van der Waals surface area contributed by atoms with Gasteiger partial charge in [-0.2, -0.15) is 0 Å². The summed E-state index contributed by atoms with van der Waals surface area (Å²) in [5.41, 5.74) is 8.39. The average Bonchev–Trinajstić information content (AvgIpc) is 2.82. The van der Waals surface area contributed by atoms with E-state index in [0.717, 1.165) is 0 Å². The van der Waals surface area contributed by atoms with Gasteiger partial charge in [0, 0.05) is 42.5 Å². The van der Waals surface area contributed by atoms with Crippen molar-refractivity contribution in [2.45, 2.75) is 26.3 Å². The fourth-order valence-electron chi connectivity index (χ4n) is 4.09. The van der Waals surface area contributed by atoms with Crippen molar-refractivity contribution < 1.29 is 18.3 Å². The molecule has 10 heteroatoms. The smallest absolute Gasteiger partial charge is 0.263 e. The van der Waals surface area contributed by atoms with E-state index >= 15 is 0 Å². The first-order valence-corrected chi connectivity index (χ1v) is 11.1. The zero-order valence-corrected chi connectivity index (χ0v) is 19.4. The number of hydrogen-bond acceptors (Lipinski definition) is 7. The van der Waals surface area contributed by atoms with E-state index < -0.39 is 6.43 Å². The van der Waals surface area contributed by atoms with Crippen LogP contribution in [-0.2, 0) is 4.74 Å². The summed E-state index contributed by atoms with van der Waals surface area (Å²) in [5, 5.41) is 7.11. The van der Waals surface area contributed by atoms with Crippen LogP contribution in [0.4, 0.5) is 26.0 Å². The molecule has 2 heterocycles. The van der Waals surface area contributed by atoms with Crippen LogP contribution in [0.5, 0.6) is 0 Å². The number of nitrogens with one attached hydrogen (secondary N) is 2. The molecule has 0 unspecified atom stereocenters. The lowest BCUT2D eigenvalue weighted by molar-refractivity contribution is 0.0303. The summed E-state index contributed by atoms with van der Waals surface area (Å²) >= 11 is 0. The van der Waals surface area contributed by atoms with E-state index in [1.807, 2.05) is 13.0 Å². The van der Waals surface area contributed by atoms with Crippen molar-refractivity contribution in [3.8, 4) is 0 Å². The van der Waals surface area contributed by atoms with Gasteiger partial charge in [0.05, 0.1) is 30.3 Å². The Morgan fingerprint density at radius 3 is 2.50 bits per heavy atom. The maximum Gasteiger partial charge on any atom is 0.263 e. The van der Waals surface area contributed by atoms with E-state index in [1.165, 1.54) is 12.1 Å². The minimum atomic E-state index is -2.61. The molecule has 0 spiro atoms. The summed E-state index contributed by atoms with van der Waals surface area (Å²) in [5.74, 6) is 0.968. The van der Waals surface area contributed by atoms with Crippen molar-refractivity contribution in [2.24, 2.45) is 0 Å². The number of aromatic nitrogens is 2. The molecule has 0 radical (unpaired) electrons. The van der Waals surface area contributed by atoms with Gasteiger partial charge in [0.25, 0.3) is 12.3 Å². The molecule has 0 aliphatic carbocycles. The molecule has 4 N–H and O–H groups in total. The van der Waals surface area contributed by atoms with Gasteiger partial charge in [-0.1, -0.05) is 0 Å². The lowest BCUT2D eigenvalue weighted by Crippen LogP contribution is -2.40. The number of benzene rings is 2. The lowest BCUT2D eigenvalue weighted by Gasteiger charge is -2.27. The number of aryl methyl sites for hydroxylation is 1. The highest BCUT2D eigenvalue weighted by atomic mass is 19.3. The number of halogens is 2. The topological polar surface area (TPSA) is 105 Å². The molecule has 1 fully saturated rings. The predicted octanol–water partition coefficient (Wildman–Crippen LogP) is 4.15. The maximum absolute atomic E-state index is 13.3. The number of carbonyl (C=O) groups is 1. The molecule has 0 bridgehead atoms. The Kier molecular flexibility index (Phi) is 6.78. The first kappa shape index (κ1) is 23.6. The summed E-state index contributed by atoms with van der Waals surface area (Å²) in [4.78, 5) is 24.0. The van der Waals surface area contributed by atoms with Gasteiger partial charge in [0.1, 0.15) is 11.6 Å². The minimum absolute atomic E-state index is 0.0898. The number of alkyl halides is 2. The minimum Gasteiger partial charge on any atom is -0.399 e. The van der Waals surface area contributed by atoms with Crippen molar-refractivity contribution >= 4 is 34.0 Å². The molecule has 34 heavy (non-hydrogen) atoms. The number of hydrogen-bond donors (Lipinski definition) is 3. The number of morpholine rings is 1. The summed E-state index contributed by atoms with van der Waals surface area (Å²) < 4.78 is 31.9. The van der Waals surface area contributed by atoms with Crippen molar-refractivity contribution in [3.63, 3.8) is 0 Å². The summed E-state index contributed by atoms with van der Waals surface area (Å²) in [6.45, 7) is 5.71. The van der Waals surface area contributed by atoms with Crippen LogP contribution in [0.25, 0.3) is 10.9 Å². The molecule has 1 aliphatic rings. The quantitative estimate of drug-likeness (QED) is 0.465. The van der Waals surface area contributed by atoms with E-state index in [1.54, 1.807) is 31.0 Å². The van der Waals surface area contributed by atoms with E-state index in [4.69, 9.17) is 10.5 Å². The third-order valence-electron chi connectivity index (χ3n) is 5.85. The predicted molar refractivity (Wildman–Crippen MR) is 128 cm³/mol. The van der Waals surface area contributed by atoms with Crippen LogP contribution >= 0.6 is 0 Å². The number of nitrogens with two attached hydrogens (primary N) is 1. The van der Waals surface area contributed by atoms with Crippen LogP contribution in [0, 0.1) is 6.92 Å². The third-order valence-corrected chi connectivity index (χ3v) is 5.85. The number of nitrogen functional groups attached to an aromatic ring is 1. The van der Waals surface area contributed by atoms with Crippen molar-refractivity contribution in [1.82, 2.24) is 14.9 Å². The second-order valence-corrected chi connectivity index (χ2v) is 8.29. The molecule has 3 aromatic rings. The van der Waals surface area contributed by atoms with Crippen LogP contribution < -0.4 is 16.4 Å². The molecular formula is C24H28F2N6O2. The zero-order chi connectivity index (χ0) is 24.4. The number of fused-ring (bicyclic) bond motifs is 1. The molecule has 1 atom stereocenters. The Hall–Kier alpha value is -3.53. The average molecular weight is 471 g/mol. The molecule has 0 saturated carbocycles. The molecule has 8 nitrogen and oxygen atoms in total. The molecule has 1 amide bonds. The molecule has 180 valence electrons. The second kappa shape index (κ2) is 9.76. The standard InChI is InChI=1S/C24H28F2N6O2/c1-13(15-8-16(22(25)26)10-17(27)9-15)29-23-18-11-20(28-3)19(12-21(18)30-14(2)31-23)24(33)32-4-6-34-7-5-32/h8-13,22,28H,4-7,27H2,1-3H3,(H,29,30,31)/t13-/m1/s1. The first-order chi connectivity index (χ1) is 16.3. The molecular weight excluding hydrogens is 442 g/mol. The highest BCUT2D eigenvalue weighted by Gasteiger charge is 2.23. The Morgan fingerprint density at radius 1 is 1.12 bits per heavy atom. The van der Waals surface area contributed by atoms with Crippen LogP contribution in [0.2, 0.25) is 0 Å². The Labute approximate surface area is 196 Å². The third kappa shape index (κ3) is 4.86. The van der Waals surface area contributed by atoms with Gasteiger partial charge in [-0.3, -0.25) is 4.79 Å². The highest BCUT2D eigenvalue weighted by Crippen LogP contribution is 2.32. The Bertz CT molecular complexity index is 1210. The van der Waals surface area contributed by atoms with Gasteiger partial charge >= 0.3 is 0 Å². The Morgan fingerprint density at radius 2 is 1.82 bits per heavy atom. The SMILES string of the molecule is CNc1cc2c(N[C@H](C)c3cc(N)cc(C(F)F)c3)nc(C)nc2cc1C(=O)N1CCOCC1. The zero-order valence-electron chi connectivity index (χ0n) is 19.4. The van der Waals surface area contributed by atoms with Crippen LogP contribution in [-0.4, -0.2) is 54.1 Å². The highest BCUT2D eigenvalue weighted by molar-refractivity contribution is 6.05. The first-order valence-electron chi connectivity index (χ1n) is 11.1. The number of rotatable bonds is 6. The van der Waals surface area contributed by atoms with E-state index in [2.05, 4.69) is 20.6 Å². The normalized spacial score (nSPS) is 14.9. The van der Waals surface area contributed by atoms with E-state index in [0.29, 0.717) is 65.7 Å². The Balaban J connectivity index is 1.72. The van der Waals surface area contributed by atoms with Gasteiger partial charge in [0.2, 0.25) is 0 Å². The maximum atomic E-state index is 13.3. The fraction of sp³-hybridized carbons (Fsp3) is 0.375. The van der Waals surface area contributed by atoms with Crippen LogP contribution in [0.15, 0.2) is 30.3 Å². The molecule has 1 aliphatic heterocycles. The monoisotopic (exact) mass is 470 g/mol. The lowest BCUT2D eigenvalue weighted by atomic mass is 10.0. The van der Waals surface area contributed by atoms with Gasteiger partial charge in [0.15, 0.2) is 0 Å². The largest absolute Gasteiger partial charge is 0.399 e. The molecule has 4 rings (SSSR count). The van der Waals surface area contributed by atoms with Gasteiger partial charge in [-0.15, -0.1) is 0 Å². The van der Waals surface area contributed by atoms with Crippen molar-refractivity contribution in [1.29, 1.82) is 0 Å². The van der Waals surface area contributed by atoms with E-state index in [9.17, 15) is 13.6 Å². The number of anilines is 3. The molecule has 1 aromatic heterocycles. The summed E-state index contributed by atoms with van der Waals surface area (Å²) in [6, 6.07) is 7.62. The fourth-order valence-corrected chi connectivity index (χ4v) is 4.09. The number of carbonyl (C=O) groups excluding carboxylic acids is 1. The van der Waals surface area contributed by atoms with Crippen LogP contribution in [0.3, 0.4) is 0 Å². The summed E-state index contributed by atoms with van der Waals surface area (Å²) in [6.07, 6.45) is -2.61. The second-order valence-electron chi connectivity index (χ2n) is 8.29. The van der Waals surface area contributed by atoms with E-state index in [-0.39, 0.29) is 23.2 Å². The number of nitrogens with zero attached hydrogens (tertiary/aromatic N) is 3. The summed E-state index contributed by atoms with van der Waals surface area (Å²) in [7, 11) is 1.75. The number of ether oxygens (including phenoxy) is 1. The van der Waals surface area contributed by atoms with Gasteiger partial charge in [-0.25, -0.2) is 18.7 Å². The van der Waals surface area contributed by atoms with Gasteiger partial charge < -0.3 is 26.0 Å². The molecule has 2 aromatic carbocycles. The number of amides is 1. The molecule has 1 saturated heterocycles. The van der Waals surface area contributed by atoms with Crippen molar-refractivity contribution in [2.75, 3.05) is 49.7 Å². The van der Waals surface area contributed by atoms with Gasteiger partial charge in [-0.05, 0) is 49.7 Å². The van der Waals surface area contributed by atoms with Crippen molar-refractivity contribution in [3.05, 3.63) is 52.8 Å². The van der Waals surface area contributed by atoms with Crippen LogP contribution in [0.1, 0.15) is 46.7 Å².